The molecule has 2 saturated carbocycles. The third-order valence-electron chi connectivity index (χ3n) is 3.32. The van der Waals surface area contributed by atoms with Gasteiger partial charge >= 0.3 is 12.1 Å². The third-order valence-corrected chi connectivity index (χ3v) is 3.32. The minimum absolute atomic E-state index is 0.0648. The molecule has 0 spiro atoms. The SMILES string of the molecule is CC(C)(C)OC(=O)[C@@]12C[C@@H](NC(=O)O)[C@@H]1C2. The van der Waals surface area contributed by atoms with Gasteiger partial charge in [0.2, 0.25) is 0 Å². The van der Waals surface area contributed by atoms with Crippen molar-refractivity contribution in [3.8, 4) is 0 Å². The monoisotopic (exact) mass is 227 g/mol. The number of amides is 1. The molecule has 5 nitrogen and oxygen atoms in total. The van der Waals surface area contributed by atoms with Crippen LogP contribution >= 0.6 is 0 Å². The summed E-state index contributed by atoms with van der Waals surface area (Å²) in [4.78, 5) is 22.3. The Bertz CT molecular complexity index is 346. The van der Waals surface area contributed by atoms with Crippen molar-refractivity contribution in [3.63, 3.8) is 0 Å². The second-order valence-electron chi connectivity index (χ2n) is 5.73. The Morgan fingerprint density at radius 1 is 1.38 bits per heavy atom. The lowest BCUT2D eigenvalue weighted by atomic mass is 9.80. The van der Waals surface area contributed by atoms with Crippen molar-refractivity contribution in [2.75, 3.05) is 0 Å². The van der Waals surface area contributed by atoms with Gasteiger partial charge in [-0.25, -0.2) is 4.79 Å². The summed E-state index contributed by atoms with van der Waals surface area (Å²) in [5.74, 6) is -0.0214. The predicted molar refractivity (Wildman–Crippen MR) is 56.0 cm³/mol. The van der Waals surface area contributed by atoms with Crippen molar-refractivity contribution in [1.29, 1.82) is 0 Å². The van der Waals surface area contributed by atoms with Crippen LogP contribution in [0.2, 0.25) is 0 Å². The molecule has 0 saturated heterocycles. The Balaban J connectivity index is 1.88. The number of carboxylic acid groups (broad SMARTS) is 1. The van der Waals surface area contributed by atoms with Crippen LogP contribution in [-0.4, -0.2) is 28.8 Å². The summed E-state index contributed by atoms with van der Waals surface area (Å²) in [6.07, 6.45) is 0.320. The maximum Gasteiger partial charge on any atom is 0.404 e. The predicted octanol–water partition coefficient (Wildman–Crippen LogP) is 1.37. The zero-order valence-electron chi connectivity index (χ0n) is 9.74. The molecule has 2 aliphatic rings. The molecule has 0 aromatic carbocycles. The molecular formula is C11H17NO4. The van der Waals surface area contributed by atoms with Crippen LogP contribution in [0.15, 0.2) is 0 Å². The highest BCUT2D eigenvalue weighted by Crippen LogP contribution is 2.68. The van der Waals surface area contributed by atoms with Crippen molar-refractivity contribution in [2.45, 2.75) is 45.3 Å². The maximum absolute atomic E-state index is 11.8. The zero-order chi connectivity index (χ0) is 12.1. The van der Waals surface area contributed by atoms with Gasteiger partial charge < -0.3 is 15.2 Å². The van der Waals surface area contributed by atoms with Crippen molar-refractivity contribution in [1.82, 2.24) is 5.32 Å². The fraction of sp³-hybridized carbons (Fsp3) is 0.818. The summed E-state index contributed by atoms with van der Waals surface area (Å²) in [5, 5.41) is 11.0. The number of rotatable bonds is 2. The molecule has 0 aromatic rings. The normalized spacial score (nSPS) is 35.7. The molecule has 0 bridgehead atoms. The van der Waals surface area contributed by atoms with Crippen LogP contribution < -0.4 is 5.32 Å². The number of ether oxygens (including phenoxy) is 1. The fourth-order valence-electron chi connectivity index (χ4n) is 2.48. The Morgan fingerprint density at radius 2 is 2.00 bits per heavy atom. The number of esters is 1. The van der Waals surface area contributed by atoms with Crippen molar-refractivity contribution >= 4 is 12.1 Å². The average Bonchev–Trinajstić information content (AvgIpc) is 2.65. The lowest BCUT2D eigenvalue weighted by Gasteiger charge is -2.34. The molecule has 0 aromatic heterocycles. The summed E-state index contributed by atoms with van der Waals surface area (Å²) < 4.78 is 5.33. The van der Waals surface area contributed by atoms with Gasteiger partial charge in [0, 0.05) is 6.04 Å². The number of nitrogens with one attached hydrogen (secondary N) is 1. The summed E-state index contributed by atoms with van der Waals surface area (Å²) in [6, 6.07) is -0.0648. The van der Waals surface area contributed by atoms with Crippen LogP contribution in [-0.2, 0) is 9.53 Å². The molecule has 2 aliphatic carbocycles. The average molecular weight is 227 g/mol. The van der Waals surface area contributed by atoms with Gasteiger partial charge in [0.15, 0.2) is 0 Å². The molecule has 2 rings (SSSR count). The minimum Gasteiger partial charge on any atom is -0.465 e. The zero-order valence-corrected chi connectivity index (χ0v) is 9.74. The first-order chi connectivity index (χ1) is 7.24. The van der Waals surface area contributed by atoms with E-state index in [-0.39, 0.29) is 23.3 Å². The standard InChI is InChI=1S/C11H17NO4/c1-10(2,3)16-8(13)11-4-6(11)7(5-11)12-9(14)15/h6-7,12H,4-5H2,1-3H3,(H,14,15)/t6-,7+,11-/m0/s1. The highest BCUT2D eigenvalue weighted by atomic mass is 16.6. The quantitative estimate of drug-likeness (QED) is 0.699. The van der Waals surface area contributed by atoms with E-state index >= 15 is 0 Å². The van der Waals surface area contributed by atoms with Crippen LogP contribution in [0.5, 0.6) is 0 Å². The van der Waals surface area contributed by atoms with E-state index in [4.69, 9.17) is 9.84 Å². The van der Waals surface area contributed by atoms with Gasteiger partial charge in [-0.15, -0.1) is 0 Å². The number of hydrogen-bond donors (Lipinski definition) is 2. The lowest BCUT2D eigenvalue weighted by molar-refractivity contribution is -0.166. The van der Waals surface area contributed by atoms with Gasteiger partial charge in [0.25, 0.3) is 0 Å². The van der Waals surface area contributed by atoms with Crippen molar-refractivity contribution in [2.24, 2.45) is 11.3 Å². The third kappa shape index (κ3) is 1.74. The van der Waals surface area contributed by atoms with Gasteiger partial charge in [-0.3, -0.25) is 4.79 Å². The molecule has 90 valence electrons. The number of carbonyl (C=O) groups is 2. The molecule has 0 unspecified atom stereocenters. The van der Waals surface area contributed by atoms with Crippen LogP contribution in [0.4, 0.5) is 4.79 Å². The molecule has 0 heterocycles. The first kappa shape index (κ1) is 11.2. The van der Waals surface area contributed by atoms with Gasteiger partial charge in [0.05, 0.1) is 5.41 Å². The maximum atomic E-state index is 11.8. The van der Waals surface area contributed by atoms with E-state index in [2.05, 4.69) is 5.32 Å². The van der Waals surface area contributed by atoms with E-state index in [9.17, 15) is 9.59 Å². The van der Waals surface area contributed by atoms with Crippen LogP contribution in [0, 0.1) is 11.3 Å². The lowest BCUT2D eigenvalue weighted by Crippen LogP contribution is -2.49. The fourth-order valence-corrected chi connectivity index (χ4v) is 2.48. The number of carbonyl (C=O) groups excluding carboxylic acids is 1. The largest absolute Gasteiger partial charge is 0.465 e. The van der Waals surface area contributed by atoms with E-state index in [1.165, 1.54) is 0 Å². The van der Waals surface area contributed by atoms with E-state index < -0.39 is 11.7 Å². The van der Waals surface area contributed by atoms with E-state index in [1.807, 2.05) is 20.8 Å². The summed E-state index contributed by atoms with van der Waals surface area (Å²) >= 11 is 0. The van der Waals surface area contributed by atoms with Gasteiger partial charge in [0.1, 0.15) is 5.60 Å². The molecular weight excluding hydrogens is 210 g/mol. The van der Waals surface area contributed by atoms with Crippen molar-refractivity contribution < 1.29 is 19.4 Å². The second kappa shape index (κ2) is 3.12. The summed E-state index contributed by atoms with van der Waals surface area (Å²) in [6.45, 7) is 5.51. The molecule has 2 N–H and O–H groups in total. The Morgan fingerprint density at radius 3 is 2.44 bits per heavy atom. The molecule has 16 heavy (non-hydrogen) atoms. The summed E-state index contributed by atoms with van der Waals surface area (Å²) in [7, 11) is 0. The van der Waals surface area contributed by atoms with Gasteiger partial charge in [-0.1, -0.05) is 0 Å². The molecule has 1 amide bonds. The molecule has 2 fully saturated rings. The molecule has 3 atom stereocenters. The van der Waals surface area contributed by atoms with Crippen LogP contribution in [0.3, 0.4) is 0 Å². The van der Waals surface area contributed by atoms with E-state index in [0.29, 0.717) is 6.42 Å². The number of hydrogen-bond acceptors (Lipinski definition) is 3. The Kier molecular flexibility index (Phi) is 2.19. The van der Waals surface area contributed by atoms with Gasteiger partial charge in [-0.2, -0.15) is 0 Å². The van der Waals surface area contributed by atoms with Crippen LogP contribution in [0.1, 0.15) is 33.6 Å². The minimum atomic E-state index is -1.02. The highest BCUT2D eigenvalue weighted by Gasteiger charge is 2.73. The molecule has 5 heteroatoms. The second-order valence-corrected chi connectivity index (χ2v) is 5.73. The molecule has 0 radical (unpaired) electrons. The highest BCUT2D eigenvalue weighted by molar-refractivity contribution is 5.84. The smallest absolute Gasteiger partial charge is 0.404 e. The van der Waals surface area contributed by atoms with E-state index in [1.54, 1.807) is 0 Å². The van der Waals surface area contributed by atoms with Gasteiger partial charge in [-0.05, 0) is 39.5 Å². The Labute approximate surface area is 94.2 Å². The first-order valence-corrected chi connectivity index (χ1v) is 5.47. The van der Waals surface area contributed by atoms with Crippen molar-refractivity contribution in [3.05, 3.63) is 0 Å². The van der Waals surface area contributed by atoms with Crippen LogP contribution in [0.25, 0.3) is 0 Å². The van der Waals surface area contributed by atoms with E-state index in [0.717, 1.165) is 6.42 Å². The number of fused-ring (bicyclic) bond motifs is 1. The molecule has 0 aliphatic heterocycles. The first-order valence-electron chi connectivity index (χ1n) is 5.47. The topological polar surface area (TPSA) is 75.6 Å². The Hall–Kier alpha value is -1.26. The summed E-state index contributed by atoms with van der Waals surface area (Å²) in [5.41, 5.74) is -0.843.